The first-order chi connectivity index (χ1) is 11.5. The molecule has 0 fully saturated rings. The number of fused-ring (bicyclic) bond motifs is 1. The van der Waals surface area contributed by atoms with Gasteiger partial charge in [0.15, 0.2) is 0 Å². The van der Waals surface area contributed by atoms with E-state index in [4.69, 9.17) is 11.5 Å². The van der Waals surface area contributed by atoms with Gasteiger partial charge in [0.1, 0.15) is 0 Å². The fourth-order valence-corrected chi connectivity index (χ4v) is 2.40. The predicted molar refractivity (Wildman–Crippen MR) is 93.4 cm³/mol. The number of para-hydroxylation sites is 1. The van der Waals surface area contributed by atoms with Gasteiger partial charge in [-0.25, -0.2) is 0 Å². The molecule has 0 radical (unpaired) electrons. The molecule has 6 nitrogen and oxygen atoms in total. The lowest BCUT2D eigenvalue weighted by atomic mass is 10.1. The first kappa shape index (κ1) is 15.5. The molecular weight excluding hydrogens is 304 g/mol. The van der Waals surface area contributed by atoms with E-state index in [1.807, 2.05) is 18.2 Å². The number of carbonyl (C=O) groups excluding carboxylic acids is 2. The van der Waals surface area contributed by atoms with Crippen molar-refractivity contribution in [1.29, 1.82) is 0 Å². The van der Waals surface area contributed by atoms with Gasteiger partial charge in [-0.2, -0.15) is 0 Å². The molecule has 3 aromatic rings. The van der Waals surface area contributed by atoms with E-state index in [-0.39, 0.29) is 12.3 Å². The molecule has 0 aliphatic carbocycles. The molecule has 1 aromatic heterocycles. The number of hydrogen-bond acceptors (Lipinski definition) is 4. The van der Waals surface area contributed by atoms with Gasteiger partial charge in [-0.15, -0.1) is 0 Å². The van der Waals surface area contributed by atoms with Gasteiger partial charge in [-0.05, 0) is 36.4 Å². The molecule has 5 N–H and O–H groups in total. The van der Waals surface area contributed by atoms with Gasteiger partial charge in [0, 0.05) is 16.6 Å². The number of pyridine rings is 1. The van der Waals surface area contributed by atoms with Crippen molar-refractivity contribution in [2.45, 2.75) is 6.42 Å². The fourth-order valence-electron chi connectivity index (χ4n) is 2.40. The summed E-state index contributed by atoms with van der Waals surface area (Å²) in [5, 5.41) is 3.69. The highest BCUT2D eigenvalue weighted by molar-refractivity contribution is 5.95. The van der Waals surface area contributed by atoms with Crippen LogP contribution in [0.15, 0.2) is 54.6 Å². The van der Waals surface area contributed by atoms with Crippen LogP contribution < -0.4 is 16.8 Å². The predicted octanol–water partition coefficient (Wildman–Crippen LogP) is 2.10. The van der Waals surface area contributed by atoms with Crippen LogP contribution in [0.25, 0.3) is 10.9 Å². The minimum atomic E-state index is -0.508. The summed E-state index contributed by atoms with van der Waals surface area (Å²) >= 11 is 0. The molecule has 120 valence electrons. The maximum atomic E-state index is 12.1. The van der Waals surface area contributed by atoms with Crippen LogP contribution in [0, 0.1) is 0 Å². The summed E-state index contributed by atoms with van der Waals surface area (Å²) in [7, 11) is 0. The van der Waals surface area contributed by atoms with Gasteiger partial charge < -0.3 is 16.8 Å². The maximum absolute atomic E-state index is 12.1. The van der Waals surface area contributed by atoms with Crippen molar-refractivity contribution >= 4 is 34.1 Å². The number of rotatable bonds is 4. The zero-order chi connectivity index (χ0) is 17.1. The number of aromatic nitrogens is 1. The molecule has 0 aliphatic rings. The van der Waals surface area contributed by atoms with E-state index in [1.54, 1.807) is 36.4 Å². The quantitative estimate of drug-likeness (QED) is 0.639. The summed E-state index contributed by atoms with van der Waals surface area (Å²) in [6, 6.07) is 15.6. The number of primary amides is 1. The molecule has 24 heavy (non-hydrogen) atoms. The Hall–Kier alpha value is -3.41. The molecular formula is C18H16N4O2. The number of hydrogen-bond donors (Lipinski definition) is 3. The second-order valence-electron chi connectivity index (χ2n) is 5.39. The third-order valence-corrected chi connectivity index (χ3v) is 3.60. The minimum Gasteiger partial charge on any atom is -0.397 e. The minimum absolute atomic E-state index is 0.127. The molecule has 0 atom stereocenters. The van der Waals surface area contributed by atoms with E-state index in [0.29, 0.717) is 28.1 Å². The smallest absolute Gasteiger partial charge is 0.248 e. The average molecular weight is 320 g/mol. The van der Waals surface area contributed by atoms with Crippen LogP contribution in [0.3, 0.4) is 0 Å². The standard InChI is InChI=1S/C18H16N4O2/c19-15-3-1-2-11-4-9-14(22-17(11)15)10-16(23)21-13-7-5-12(6-8-13)18(20)24/h1-9H,10,19H2,(H2,20,24)(H,21,23). The summed E-state index contributed by atoms with van der Waals surface area (Å²) in [5.74, 6) is -0.714. The third-order valence-electron chi connectivity index (χ3n) is 3.60. The largest absolute Gasteiger partial charge is 0.397 e. The molecule has 0 bridgehead atoms. The van der Waals surface area contributed by atoms with E-state index < -0.39 is 5.91 Å². The van der Waals surface area contributed by atoms with Gasteiger partial charge in [-0.1, -0.05) is 18.2 Å². The van der Waals surface area contributed by atoms with Crippen molar-refractivity contribution in [2.24, 2.45) is 5.73 Å². The second-order valence-corrected chi connectivity index (χ2v) is 5.39. The SMILES string of the molecule is NC(=O)c1ccc(NC(=O)Cc2ccc3cccc(N)c3n2)cc1. The normalized spacial score (nSPS) is 10.5. The van der Waals surface area contributed by atoms with Crippen LogP contribution in [0.4, 0.5) is 11.4 Å². The zero-order valence-electron chi connectivity index (χ0n) is 12.8. The van der Waals surface area contributed by atoms with Crippen LogP contribution in [0.1, 0.15) is 16.1 Å². The highest BCUT2D eigenvalue weighted by Gasteiger charge is 2.08. The summed E-state index contributed by atoms with van der Waals surface area (Å²) in [6.45, 7) is 0. The fraction of sp³-hybridized carbons (Fsp3) is 0.0556. The molecule has 2 amide bonds. The Balaban J connectivity index is 1.72. The number of nitrogen functional groups attached to an aromatic ring is 1. The van der Waals surface area contributed by atoms with Crippen LogP contribution in [0.2, 0.25) is 0 Å². The Labute approximate surface area is 138 Å². The van der Waals surface area contributed by atoms with Crippen molar-refractivity contribution in [1.82, 2.24) is 4.98 Å². The Kier molecular flexibility index (Phi) is 4.11. The molecule has 6 heteroatoms. The summed E-state index contributed by atoms with van der Waals surface area (Å²) in [4.78, 5) is 27.6. The third kappa shape index (κ3) is 3.33. The summed E-state index contributed by atoms with van der Waals surface area (Å²) < 4.78 is 0. The van der Waals surface area contributed by atoms with Crippen LogP contribution in [0.5, 0.6) is 0 Å². The molecule has 0 spiro atoms. The van der Waals surface area contributed by atoms with Gasteiger partial charge in [0.25, 0.3) is 0 Å². The van der Waals surface area contributed by atoms with E-state index in [9.17, 15) is 9.59 Å². The van der Waals surface area contributed by atoms with E-state index in [1.165, 1.54) is 0 Å². The van der Waals surface area contributed by atoms with Crippen LogP contribution >= 0.6 is 0 Å². The van der Waals surface area contributed by atoms with Gasteiger partial charge in [-0.3, -0.25) is 14.6 Å². The number of amides is 2. The van der Waals surface area contributed by atoms with Gasteiger partial charge in [0.05, 0.1) is 23.3 Å². The Morgan fingerprint density at radius 1 is 1.00 bits per heavy atom. The zero-order valence-corrected chi connectivity index (χ0v) is 12.8. The molecule has 0 saturated heterocycles. The Morgan fingerprint density at radius 3 is 2.46 bits per heavy atom. The lowest BCUT2D eigenvalue weighted by Gasteiger charge is -2.07. The Morgan fingerprint density at radius 2 is 1.75 bits per heavy atom. The number of nitrogens with zero attached hydrogens (tertiary/aromatic N) is 1. The van der Waals surface area contributed by atoms with Crippen molar-refractivity contribution in [2.75, 3.05) is 11.1 Å². The molecule has 3 rings (SSSR count). The Bertz CT molecular complexity index is 920. The average Bonchev–Trinajstić information content (AvgIpc) is 2.56. The van der Waals surface area contributed by atoms with E-state index in [2.05, 4.69) is 10.3 Å². The first-order valence-corrected chi connectivity index (χ1v) is 7.37. The molecule has 0 aliphatic heterocycles. The molecule has 2 aromatic carbocycles. The number of anilines is 2. The van der Waals surface area contributed by atoms with E-state index >= 15 is 0 Å². The lowest BCUT2D eigenvalue weighted by molar-refractivity contribution is -0.115. The number of benzene rings is 2. The summed E-state index contributed by atoms with van der Waals surface area (Å²) in [5.41, 5.74) is 14.0. The highest BCUT2D eigenvalue weighted by atomic mass is 16.2. The summed E-state index contributed by atoms with van der Waals surface area (Å²) in [6.07, 6.45) is 0.127. The van der Waals surface area contributed by atoms with Gasteiger partial charge >= 0.3 is 0 Å². The first-order valence-electron chi connectivity index (χ1n) is 7.37. The second kappa shape index (κ2) is 6.37. The lowest BCUT2D eigenvalue weighted by Crippen LogP contribution is -2.16. The number of nitrogens with one attached hydrogen (secondary N) is 1. The number of nitrogens with two attached hydrogens (primary N) is 2. The van der Waals surface area contributed by atoms with E-state index in [0.717, 1.165) is 5.39 Å². The maximum Gasteiger partial charge on any atom is 0.248 e. The van der Waals surface area contributed by atoms with Crippen molar-refractivity contribution in [3.63, 3.8) is 0 Å². The van der Waals surface area contributed by atoms with Crippen LogP contribution in [-0.2, 0) is 11.2 Å². The van der Waals surface area contributed by atoms with Gasteiger partial charge in [0.2, 0.25) is 11.8 Å². The van der Waals surface area contributed by atoms with Crippen molar-refractivity contribution in [3.05, 3.63) is 65.9 Å². The number of carbonyl (C=O) groups is 2. The van der Waals surface area contributed by atoms with Crippen molar-refractivity contribution in [3.8, 4) is 0 Å². The van der Waals surface area contributed by atoms with Crippen LogP contribution in [-0.4, -0.2) is 16.8 Å². The molecule has 1 heterocycles. The monoisotopic (exact) mass is 320 g/mol. The molecule has 0 saturated carbocycles. The topological polar surface area (TPSA) is 111 Å². The highest BCUT2D eigenvalue weighted by Crippen LogP contribution is 2.19. The van der Waals surface area contributed by atoms with Crippen molar-refractivity contribution < 1.29 is 9.59 Å². The molecule has 0 unspecified atom stereocenters.